The van der Waals surface area contributed by atoms with Crippen molar-refractivity contribution in [2.75, 3.05) is 33.4 Å². The summed E-state index contributed by atoms with van der Waals surface area (Å²) >= 11 is 0. The van der Waals surface area contributed by atoms with E-state index in [0.29, 0.717) is 38.1 Å². The van der Waals surface area contributed by atoms with Crippen molar-refractivity contribution in [1.29, 1.82) is 0 Å². The number of piperidine rings is 1. The molecule has 0 atom stereocenters. The van der Waals surface area contributed by atoms with Crippen LogP contribution >= 0.6 is 0 Å². The minimum Gasteiger partial charge on any atom is -0.493 e. The van der Waals surface area contributed by atoms with Gasteiger partial charge in [-0.15, -0.1) is 0 Å². The summed E-state index contributed by atoms with van der Waals surface area (Å²) in [6.45, 7) is -0.559. The first-order valence-electron chi connectivity index (χ1n) is 9.76. The molecule has 1 aromatic carbocycles. The third kappa shape index (κ3) is 7.54. The predicted molar refractivity (Wildman–Crippen MR) is 106 cm³/mol. The van der Waals surface area contributed by atoms with Crippen LogP contribution < -0.4 is 9.47 Å². The van der Waals surface area contributed by atoms with Gasteiger partial charge >= 0.3 is 18.6 Å². The van der Waals surface area contributed by atoms with E-state index in [9.17, 15) is 23.2 Å². The molecule has 0 N–H and O–H groups in total. The fourth-order valence-corrected chi connectivity index (χ4v) is 3.04. The third-order valence-electron chi connectivity index (χ3n) is 4.62. The summed E-state index contributed by atoms with van der Waals surface area (Å²) in [6.07, 6.45) is 3.52. The molecule has 1 fully saturated rings. The fraction of sp³-hybridized carbons (Fsp3) is 0.476. The van der Waals surface area contributed by atoms with Crippen LogP contribution in [0.2, 0.25) is 0 Å². The Bertz CT molecular complexity index is 805. The molecule has 1 aromatic rings. The van der Waals surface area contributed by atoms with Crippen molar-refractivity contribution in [2.24, 2.45) is 5.92 Å². The largest absolute Gasteiger partial charge is 0.493 e. The van der Waals surface area contributed by atoms with Gasteiger partial charge in [0.2, 0.25) is 0 Å². The molecule has 10 heteroatoms. The minimum absolute atomic E-state index is 0.0808. The second kappa shape index (κ2) is 11.9. The van der Waals surface area contributed by atoms with Gasteiger partial charge in [0.1, 0.15) is 0 Å². The van der Waals surface area contributed by atoms with Crippen LogP contribution in [-0.2, 0) is 23.9 Å². The first kappa shape index (κ1) is 24.1. The Hall–Kier alpha value is -3.17. The Balaban J connectivity index is 1.80. The van der Waals surface area contributed by atoms with Gasteiger partial charge in [-0.05, 0) is 43.5 Å². The summed E-state index contributed by atoms with van der Waals surface area (Å²) in [6, 6.07) is 4.17. The van der Waals surface area contributed by atoms with Gasteiger partial charge in [0, 0.05) is 19.2 Å². The number of hydrogen-bond donors (Lipinski definition) is 0. The van der Waals surface area contributed by atoms with E-state index < -0.39 is 19.2 Å². The van der Waals surface area contributed by atoms with Crippen LogP contribution in [0.3, 0.4) is 0 Å². The van der Waals surface area contributed by atoms with Crippen molar-refractivity contribution in [3.63, 3.8) is 0 Å². The summed E-state index contributed by atoms with van der Waals surface area (Å²) in [5, 5.41) is 0. The molecule has 0 aromatic heterocycles. The molecule has 8 nitrogen and oxygen atoms in total. The van der Waals surface area contributed by atoms with Gasteiger partial charge in [-0.3, -0.25) is 9.59 Å². The molecular formula is C21H25F2NO7. The van der Waals surface area contributed by atoms with Gasteiger partial charge in [-0.25, -0.2) is 4.79 Å². The van der Waals surface area contributed by atoms with E-state index in [1.807, 2.05) is 0 Å². The maximum absolute atomic E-state index is 12.4. The van der Waals surface area contributed by atoms with Crippen molar-refractivity contribution in [3.8, 4) is 11.5 Å². The fourth-order valence-electron chi connectivity index (χ4n) is 3.04. The average molecular weight is 441 g/mol. The van der Waals surface area contributed by atoms with Crippen LogP contribution in [0.5, 0.6) is 11.5 Å². The summed E-state index contributed by atoms with van der Waals surface area (Å²) in [5.41, 5.74) is 0.489. The first-order chi connectivity index (χ1) is 14.8. The highest BCUT2D eigenvalue weighted by Gasteiger charge is 2.28. The number of esters is 2. The number of rotatable bonds is 9. The number of carbonyl (C=O) groups excluding carboxylic acids is 3. The molecule has 1 saturated heterocycles. The van der Waals surface area contributed by atoms with E-state index in [1.54, 1.807) is 11.8 Å². The standard InChI is InChI=1S/C21H25F2NO7/c1-3-29-20(27)15-8-10-24(11-9-15)18(25)13-30-19(26)7-5-14-4-6-16(31-21(22)23)17(12-14)28-2/h4-7,12,15,21H,3,8-11,13H2,1-2H3/b7-5+. The van der Waals surface area contributed by atoms with Crippen LogP contribution in [-0.4, -0.2) is 62.8 Å². The van der Waals surface area contributed by atoms with Crippen LogP contribution in [0, 0.1) is 5.92 Å². The highest BCUT2D eigenvalue weighted by molar-refractivity contribution is 5.89. The Kier molecular flexibility index (Phi) is 9.23. The number of methoxy groups -OCH3 is 1. The monoisotopic (exact) mass is 441 g/mol. The minimum atomic E-state index is -2.99. The lowest BCUT2D eigenvalue weighted by Gasteiger charge is -2.30. The molecule has 170 valence electrons. The van der Waals surface area contributed by atoms with Gasteiger partial charge in [0.25, 0.3) is 5.91 Å². The Morgan fingerprint density at radius 3 is 2.48 bits per heavy atom. The Morgan fingerprint density at radius 2 is 1.87 bits per heavy atom. The number of amides is 1. The highest BCUT2D eigenvalue weighted by Crippen LogP contribution is 2.29. The second-order valence-electron chi connectivity index (χ2n) is 6.64. The summed E-state index contributed by atoms with van der Waals surface area (Å²) in [4.78, 5) is 37.4. The molecule has 2 rings (SSSR count). The maximum atomic E-state index is 12.4. The van der Waals surface area contributed by atoms with Gasteiger partial charge in [-0.2, -0.15) is 8.78 Å². The van der Waals surface area contributed by atoms with E-state index in [2.05, 4.69) is 4.74 Å². The lowest BCUT2D eigenvalue weighted by atomic mass is 9.97. The van der Waals surface area contributed by atoms with Gasteiger partial charge in [-0.1, -0.05) is 6.07 Å². The number of carbonyl (C=O) groups is 3. The van der Waals surface area contributed by atoms with Gasteiger partial charge < -0.3 is 23.8 Å². The zero-order chi connectivity index (χ0) is 22.8. The second-order valence-corrected chi connectivity index (χ2v) is 6.64. The van der Waals surface area contributed by atoms with E-state index in [-0.39, 0.29) is 29.3 Å². The van der Waals surface area contributed by atoms with Crippen LogP contribution in [0.25, 0.3) is 6.08 Å². The van der Waals surface area contributed by atoms with Crippen LogP contribution in [0.4, 0.5) is 8.78 Å². The molecule has 0 radical (unpaired) electrons. The van der Waals surface area contributed by atoms with E-state index in [1.165, 1.54) is 31.4 Å². The smallest absolute Gasteiger partial charge is 0.387 e. The molecule has 1 aliphatic heterocycles. The molecule has 1 aliphatic rings. The normalized spacial score (nSPS) is 14.5. The van der Waals surface area contributed by atoms with E-state index in [4.69, 9.17) is 14.2 Å². The van der Waals surface area contributed by atoms with Crippen molar-refractivity contribution in [3.05, 3.63) is 29.8 Å². The average Bonchev–Trinajstić information content (AvgIpc) is 2.76. The number of benzene rings is 1. The molecule has 0 saturated carbocycles. The summed E-state index contributed by atoms with van der Waals surface area (Å²) < 4.78 is 44.0. The first-order valence-corrected chi connectivity index (χ1v) is 9.76. The molecule has 1 amide bonds. The van der Waals surface area contributed by atoms with E-state index in [0.717, 1.165) is 6.08 Å². The molecule has 31 heavy (non-hydrogen) atoms. The third-order valence-corrected chi connectivity index (χ3v) is 4.62. The van der Waals surface area contributed by atoms with Crippen molar-refractivity contribution >= 4 is 23.9 Å². The lowest BCUT2D eigenvalue weighted by molar-refractivity contribution is -0.153. The highest BCUT2D eigenvalue weighted by atomic mass is 19.3. The van der Waals surface area contributed by atoms with Crippen molar-refractivity contribution < 1.29 is 42.1 Å². The zero-order valence-corrected chi connectivity index (χ0v) is 17.3. The quantitative estimate of drug-likeness (QED) is 0.430. The zero-order valence-electron chi connectivity index (χ0n) is 17.3. The topological polar surface area (TPSA) is 91.4 Å². The molecule has 0 aliphatic carbocycles. The number of likely N-dealkylation sites (tertiary alicyclic amines) is 1. The number of hydrogen-bond acceptors (Lipinski definition) is 7. The maximum Gasteiger partial charge on any atom is 0.387 e. The Morgan fingerprint density at radius 1 is 1.16 bits per heavy atom. The molecular weight excluding hydrogens is 416 g/mol. The summed E-state index contributed by atoms with van der Waals surface area (Å²) in [7, 11) is 1.30. The lowest BCUT2D eigenvalue weighted by Crippen LogP contribution is -2.42. The number of alkyl halides is 2. The number of halogens is 2. The van der Waals surface area contributed by atoms with E-state index >= 15 is 0 Å². The van der Waals surface area contributed by atoms with Crippen molar-refractivity contribution in [2.45, 2.75) is 26.4 Å². The predicted octanol–water partition coefficient (Wildman–Crippen LogP) is 2.65. The van der Waals surface area contributed by atoms with Crippen molar-refractivity contribution in [1.82, 2.24) is 4.90 Å². The van der Waals surface area contributed by atoms with Crippen LogP contribution in [0.15, 0.2) is 24.3 Å². The summed E-state index contributed by atoms with van der Waals surface area (Å²) in [5.74, 6) is -1.60. The molecule has 0 unspecified atom stereocenters. The van der Waals surface area contributed by atoms with Gasteiger partial charge in [0.05, 0.1) is 19.6 Å². The molecule has 0 bridgehead atoms. The van der Waals surface area contributed by atoms with Gasteiger partial charge in [0.15, 0.2) is 18.1 Å². The number of ether oxygens (including phenoxy) is 4. The van der Waals surface area contributed by atoms with Crippen LogP contribution in [0.1, 0.15) is 25.3 Å². The molecule has 1 heterocycles. The molecule has 0 spiro atoms. The number of nitrogens with zero attached hydrogens (tertiary/aromatic N) is 1. The Labute approximate surface area is 178 Å². The SMILES string of the molecule is CCOC(=O)C1CCN(C(=O)COC(=O)/C=C/c2ccc(OC(F)F)c(OC)c2)CC1.